The molecule has 2 aliphatic rings. The van der Waals surface area contributed by atoms with E-state index in [-0.39, 0.29) is 18.1 Å². The van der Waals surface area contributed by atoms with Gasteiger partial charge in [-0.25, -0.2) is 4.90 Å². The summed E-state index contributed by atoms with van der Waals surface area (Å²) in [6.07, 6.45) is 0. The van der Waals surface area contributed by atoms with Crippen LogP contribution in [0.4, 0.5) is 11.4 Å². The first-order valence-electron chi connectivity index (χ1n) is 10.8. The topological polar surface area (TPSA) is 86.3 Å². The van der Waals surface area contributed by atoms with Crippen LogP contribution in [0.1, 0.15) is 12.5 Å². The summed E-state index contributed by atoms with van der Waals surface area (Å²) >= 11 is 0. The molecule has 0 spiro atoms. The second kappa shape index (κ2) is 8.82. The number of fused-ring (bicyclic) bond motifs is 1. The summed E-state index contributed by atoms with van der Waals surface area (Å²) in [6, 6.07) is 19.1. The normalized spacial score (nSPS) is 14.6. The van der Waals surface area contributed by atoms with Gasteiger partial charge in [-0.3, -0.25) is 9.59 Å². The standard InChI is InChI=1S/C26H22N2O6/c1-3-32-20-11-7-18(8-12-20)28-25(29)23(16-4-9-19(31-2)10-5-16)24(26(28)30)27-17-6-13-21-22(14-17)34-15-33-21/h4-14,27H,3,15H2,1-2H3. The largest absolute Gasteiger partial charge is 0.497 e. The van der Waals surface area contributed by atoms with Gasteiger partial charge in [-0.1, -0.05) is 12.1 Å². The Hall–Kier alpha value is -4.46. The van der Waals surface area contributed by atoms with Crippen LogP contribution in [0.2, 0.25) is 0 Å². The maximum Gasteiger partial charge on any atom is 0.282 e. The second-order valence-electron chi connectivity index (χ2n) is 7.54. The van der Waals surface area contributed by atoms with Crippen molar-refractivity contribution in [3.63, 3.8) is 0 Å². The first-order chi connectivity index (χ1) is 16.6. The quantitative estimate of drug-likeness (QED) is 0.531. The summed E-state index contributed by atoms with van der Waals surface area (Å²) in [6.45, 7) is 2.55. The zero-order valence-corrected chi connectivity index (χ0v) is 18.7. The van der Waals surface area contributed by atoms with E-state index in [1.54, 1.807) is 73.8 Å². The van der Waals surface area contributed by atoms with E-state index >= 15 is 0 Å². The number of benzene rings is 3. The lowest BCUT2D eigenvalue weighted by molar-refractivity contribution is -0.120. The van der Waals surface area contributed by atoms with Gasteiger partial charge in [0, 0.05) is 11.8 Å². The van der Waals surface area contributed by atoms with E-state index in [0.717, 1.165) is 4.90 Å². The molecule has 0 aliphatic carbocycles. The van der Waals surface area contributed by atoms with Gasteiger partial charge in [0.1, 0.15) is 17.2 Å². The van der Waals surface area contributed by atoms with Gasteiger partial charge in [-0.15, -0.1) is 0 Å². The van der Waals surface area contributed by atoms with Gasteiger partial charge >= 0.3 is 0 Å². The number of hydrogen-bond acceptors (Lipinski definition) is 7. The van der Waals surface area contributed by atoms with E-state index < -0.39 is 11.8 Å². The first kappa shape index (κ1) is 21.4. The molecule has 2 heterocycles. The van der Waals surface area contributed by atoms with Crippen LogP contribution in [0.25, 0.3) is 5.57 Å². The fraction of sp³-hybridized carbons (Fsp3) is 0.154. The number of anilines is 2. The van der Waals surface area contributed by atoms with Crippen molar-refractivity contribution < 1.29 is 28.5 Å². The average Bonchev–Trinajstić information content (AvgIpc) is 3.42. The zero-order chi connectivity index (χ0) is 23.7. The van der Waals surface area contributed by atoms with Crippen LogP contribution in [-0.4, -0.2) is 32.3 Å². The van der Waals surface area contributed by atoms with Crippen LogP contribution in [0.15, 0.2) is 72.4 Å². The Morgan fingerprint density at radius 1 is 0.882 bits per heavy atom. The Labute approximate surface area is 196 Å². The van der Waals surface area contributed by atoms with Gasteiger partial charge in [0.2, 0.25) is 6.79 Å². The summed E-state index contributed by atoms with van der Waals surface area (Å²) in [5.41, 5.74) is 2.07. The highest BCUT2D eigenvalue weighted by atomic mass is 16.7. The lowest BCUT2D eigenvalue weighted by atomic mass is 10.0. The number of rotatable bonds is 7. The van der Waals surface area contributed by atoms with E-state index in [2.05, 4.69) is 5.32 Å². The SMILES string of the molecule is CCOc1ccc(N2C(=O)C(Nc3ccc4c(c3)OCO4)=C(c3ccc(OC)cc3)C2=O)cc1. The Kier molecular flexibility index (Phi) is 5.55. The third kappa shape index (κ3) is 3.79. The molecule has 1 N–H and O–H groups in total. The van der Waals surface area contributed by atoms with Crippen molar-refractivity contribution in [3.8, 4) is 23.0 Å². The minimum atomic E-state index is -0.461. The number of imide groups is 1. The Morgan fingerprint density at radius 2 is 1.59 bits per heavy atom. The molecule has 0 saturated carbocycles. The zero-order valence-electron chi connectivity index (χ0n) is 18.7. The molecular formula is C26H22N2O6. The van der Waals surface area contributed by atoms with Crippen LogP contribution < -0.4 is 29.2 Å². The Bertz CT molecular complexity index is 1280. The van der Waals surface area contributed by atoms with E-state index in [0.29, 0.717) is 46.5 Å². The molecule has 0 saturated heterocycles. The first-order valence-corrected chi connectivity index (χ1v) is 10.8. The van der Waals surface area contributed by atoms with Gasteiger partial charge in [-0.2, -0.15) is 0 Å². The number of carbonyl (C=O) groups is 2. The van der Waals surface area contributed by atoms with Crippen molar-refractivity contribution >= 4 is 28.8 Å². The van der Waals surface area contributed by atoms with E-state index in [9.17, 15) is 9.59 Å². The Balaban J connectivity index is 1.54. The highest BCUT2D eigenvalue weighted by Crippen LogP contribution is 2.38. The van der Waals surface area contributed by atoms with Crippen molar-refractivity contribution in [1.29, 1.82) is 0 Å². The van der Waals surface area contributed by atoms with Crippen LogP contribution >= 0.6 is 0 Å². The molecule has 3 aromatic rings. The molecular weight excluding hydrogens is 436 g/mol. The monoisotopic (exact) mass is 458 g/mol. The predicted octanol–water partition coefficient (Wildman–Crippen LogP) is 4.22. The molecule has 0 unspecified atom stereocenters. The molecule has 5 rings (SSSR count). The number of hydrogen-bond donors (Lipinski definition) is 1. The third-order valence-electron chi connectivity index (χ3n) is 5.51. The van der Waals surface area contributed by atoms with Gasteiger partial charge in [0.05, 0.1) is 25.0 Å². The number of nitrogens with zero attached hydrogens (tertiary/aromatic N) is 1. The summed E-state index contributed by atoms with van der Waals surface area (Å²) in [5, 5.41) is 3.14. The number of carbonyl (C=O) groups excluding carboxylic acids is 2. The number of nitrogens with one attached hydrogen (secondary N) is 1. The fourth-order valence-electron chi connectivity index (χ4n) is 3.88. The number of amides is 2. The predicted molar refractivity (Wildman–Crippen MR) is 126 cm³/mol. The van der Waals surface area contributed by atoms with E-state index in [4.69, 9.17) is 18.9 Å². The smallest absolute Gasteiger partial charge is 0.282 e. The van der Waals surface area contributed by atoms with Gasteiger partial charge in [0.15, 0.2) is 11.5 Å². The molecule has 8 nitrogen and oxygen atoms in total. The van der Waals surface area contributed by atoms with E-state index in [1.165, 1.54) is 0 Å². The second-order valence-corrected chi connectivity index (χ2v) is 7.54. The van der Waals surface area contributed by atoms with Gasteiger partial charge in [0.25, 0.3) is 11.8 Å². The van der Waals surface area contributed by atoms with E-state index in [1.807, 2.05) is 6.92 Å². The molecule has 2 aliphatic heterocycles. The maximum atomic E-state index is 13.6. The average molecular weight is 458 g/mol. The molecule has 0 aromatic heterocycles. The van der Waals surface area contributed by atoms with Crippen molar-refractivity contribution in [1.82, 2.24) is 0 Å². The molecule has 2 amide bonds. The molecule has 8 heteroatoms. The van der Waals surface area contributed by atoms with Crippen molar-refractivity contribution in [2.24, 2.45) is 0 Å². The summed E-state index contributed by atoms with van der Waals surface area (Å²) in [7, 11) is 1.57. The minimum absolute atomic E-state index is 0.140. The minimum Gasteiger partial charge on any atom is -0.497 e. The molecule has 172 valence electrons. The lowest BCUT2D eigenvalue weighted by Gasteiger charge is -2.16. The molecule has 0 atom stereocenters. The van der Waals surface area contributed by atoms with Crippen LogP contribution in [-0.2, 0) is 9.59 Å². The highest BCUT2D eigenvalue weighted by molar-refractivity contribution is 6.46. The summed E-state index contributed by atoms with van der Waals surface area (Å²) in [4.78, 5) is 28.3. The third-order valence-corrected chi connectivity index (χ3v) is 5.51. The van der Waals surface area contributed by atoms with Gasteiger partial charge < -0.3 is 24.3 Å². The number of ether oxygens (including phenoxy) is 4. The summed E-state index contributed by atoms with van der Waals surface area (Å²) in [5.74, 6) is 1.61. The maximum absolute atomic E-state index is 13.6. The van der Waals surface area contributed by atoms with Crippen molar-refractivity contribution in [2.45, 2.75) is 6.92 Å². The van der Waals surface area contributed by atoms with Crippen LogP contribution in [0.5, 0.6) is 23.0 Å². The summed E-state index contributed by atoms with van der Waals surface area (Å²) < 4.78 is 21.5. The van der Waals surface area contributed by atoms with Crippen LogP contribution in [0.3, 0.4) is 0 Å². The lowest BCUT2D eigenvalue weighted by Crippen LogP contribution is -2.32. The molecule has 0 radical (unpaired) electrons. The highest BCUT2D eigenvalue weighted by Gasteiger charge is 2.40. The molecule has 34 heavy (non-hydrogen) atoms. The Morgan fingerprint density at radius 3 is 2.29 bits per heavy atom. The molecule has 3 aromatic carbocycles. The molecule has 0 fully saturated rings. The van der Waals surface area contributed by atoms with Crippen molar-refractivity contribution in [2.75, 3.05) is 30.7 Å². The van der Waals surface area contributed by atoms with Crippen molar-refractivity contribution in [3.05, 3.63) is 78.0 Å². The van der Waals surface area contributed by atoms with Gasteiger partial charge in [-0.05, 0) is 61.0 Å². The fourth-order valence-corrected chi connectivity index (χ4v) is 3.88. The van der Waals surface area contributed by atoms with Crippen LogP contribution in [0, 0.1) is 0 Å². The number of methoxy groups -OCH3 is 1. The molecule has 0 bridgehead atoms.